The molecule has 2 rings (SSSR count). The molecule has 23 heavy (non-hydrogen) atoms. The summed E-state index contributed by atoms with van der Waals surface area (Å²) in [5.41, 5.74) is 1.15. The molecule has 0 unspecified atom stereocenters. The highest BCUT2D eigenvalue weighted by Gasteiger charge is 2.44. The Hall–Kier alpha value is -1.17. The number of hydrogen-bond donors (Lipinski definition) is 1. The van der Waals surface area contributed by atoms with Gasteiger partial charge in [-0.15, -0.1) is 0 Å². The second kappa shape index (κ2) is 6.75. The second-order valence-corrected chi connectivity index (χ2v) is 12.8. The van der Waals surface area contributed by atoms with Gasteiger partial charge in [0.1, 0.15) is 6.04 Å². The lowest BCUT2D eigenvalue weighted by molar-refractivity contribution is -0.142. The van der Waals surface area contributed by atoms with E-state index in [0.717, 1.165) is 5.56 Å². The number of hydrogen-bond acceptors (Lipinski definition) is 3. The van der Waals surface area contributed by atoms with Gasteiger partial charge in [-0.3, -0.25) is 9.69 Å². The molecular formula is C18H29NO3Si. The topological polar surface area (TPSA) is 49.8 Å². The molecule has 0 saturated carbocycles. The van der Waals surface area contributed by atoms with Crippen molar-refractivity contribution in [3.63, 3.8) is 0 Å². The number of carboxylic acid groups (broad SMARTS) is 1. The van der Waals surface area contributed by atoms with E-state index in [2.05, 4.69) is 33.9 Å². The minimum Gasteiger partial charge on any atom is -0.480 e. The smallest absolute Gasteiger partial charge is 0.321 e. The quantitative estimate of drug-likeness (QED) is 0.833. The lowest BCUT2D eigenvalue weighted by atomic mass is 10.2. The third kappa shape index (κ3) is 4.43. The van der Waals surface area contributed by atoms with Crippen molar-refractivity contribution in [2.75, 3.05) is 6.54 Å². The first kappa shape index (κ1) is 18.2. The van der Waals surface area contributed by atoms with E-state index < -0.39 is 20.3 Å². The van der Waals surface area contributed by atoms with Gasteiger partial charge >= 0.3 is 5.97 Å². The lowest BCUT2D eigenvalue weighted by Gasteiger charge is -2.38. The van der Waals surface area contributed by atoms with Crippen LogP contribution in [-0.4, -0.2) is 43.0 Å². The van der Waals surface area contributed by atoms with Gasteiger partial charge in [-0.25, -0.2) is 0 Å². The van der Waals surface area contributed by atoms with Crippen molar-refractivity contribution in [2.45, 2.75) is 64.0 Å². The van der Waals surface area contributed by atoms with Gasteiger partial charge in [-0.1, -0.05) is 51.1 Å². The molecule has 1 aliphatic rings. The van der Waals surface area contributed by atoms with Crippen LogP contribution in [0.4, 0.5) is 0 Å². The average molecular weight is 336 g/mol. The molecule has 0 radical (unpaired) electrons. The number of benzene rings is 1. The molecule has 1 aliphatic heterocycles. The Labute approximate surface area is 140 Å². The highest BCUT2D eigenvalue weighted by molar-refractivity contribution is 6.74. The largest absolute Gasteiger partial charge is 0.480 e. The molecule has 5 heteroatoms. The number of nitrogens with zero attached hydrogens (tertiary/aromatic N) is 1. The molecule has 1 fully saturated rings. The Balaban J connectivity index is 2.08. The van der Waals surface area contributed by atoms with E-state index in [9.17, 15) is 9.90 Å². The van der Waals surface area contributed by atoms with Crippen molar-refractivity contribution in [3.05, 3.63) is 35.9 Å². The van der Waals surface area contributed by atoms with E-state index in [-0.39, 0.29) is 11.1 Å². The highest BCUT2D eigenvalue weighted by atomic mass is 28.4. The van der Waals surface area contributed by atoms with Crippen molar-refractivity contribution >= 4 is 14.3 Å². The van der Waals surface area contributed by atoms with Gasteiger partial charge in [0, 0.05) is 13.1 Å². The normalized spacial score (nSPS) is 23.2. The molecule has 0 bridgehead atoms. The van der Waals surface area contributed by atoms with E-state index in [1.54, 1.807) is 0 Å². The van der Waals surface area contributed by atoms with Crippen LogP contribution in [0.15, 0.2) is 30.3 Å². The maximum Gasteiger partial charge on any atom is 0.321 e. The zero-order chi connectivity index (χ0) is 17.3. The van der Waals surface area contributed by atoms with Gasteiger partial charge in [0.2, 0.25) is 0 Å². The molecule has 2 atom stereocenters. The van der Waals surface area contributed by atoms with Gasteiger partial charge < -0.3 is 9.53 Å². The van der Waals surface area contributed by atoms with E-state index in [1.807, 2.05) is 35.2 Å². The van der Waals surface area contributed by atoms with Gasteiger partial charge in [0.05, 0.1) is 6.10 Å². The summed E-state index contributed by atoms with van der Waals surface area (Å²) < 4.78 is 6.45. The van der Waals surface area contributed by atoms with E-state index in [1.165, 1.54) is 0 Å². The Morgan fingerprint density at radius 3 is 2.43 bits per heavy atom. The first-order chi connectivity index (χ1) is 10.6. The summed E-state index contributed by atoms with van der Waals surface area (Å²) in [7, 11) is -1.88. The predicted octanol–water partition coefficient (Wildman–Crippen LogP) is 3.74. The third-order valence-electron chi connectivity index (χ3n) is 5.15. The van der Waals surface area contributed by atoms with Crippen molar-refractivity contribution in [2.24, 2.45) is 0 Å². The first-order valence-corrected chi connectivity index (χ1v) is 11.2. The molecule has 0 amide bonds. The van der Waals surface area contributed by atoms with Crippen molar-refractivity contribution in [1.29, 1.82) is 0 Å². The fourth-order valence-electron chi connectivity index (χ4n) is 2.79. The number of carbonyl (C=O) groups is 1. The average Bonchev–Trinajstić information content (AvgIpc) is 2.80. The summed E-state index contributed by atoms with van der Waals surface area (Å²) in [6, 6.07) is 9.59. The Bertz CT molecular complexity index is 539. The predicted molar refractivity (Wildman–Crippen MR) is 95.0 cm³/mol. The molecule has 0 aliphatic carbocycles. The lowest BCUT2D eigenvalue weighted by Crippen LogP contribution is -2.44. The van der Waals surface area contributed by atoms with Crippen LogP contribution < -0.4 is 0 Å². The van der Waals surface area contributed by atoms with Gasteiger partial charge in [0.15, 0.2) is 8.32 Å². The maximum atomic E-state index is 11.6. The van der Waals surface area contributed by atoms with E-state index >= 15 is 0 Å². The minimum atomic E-state index is -1.88. The van der Waals surface area contributed by atoms with Crippen molar-refractivity contribution < 1.29 is 14.3 Å². The Morgan fingerprint density at radius 1 is 1.30 bits per heavy atom. The van der Waals surface area contributed by atoms with Crippen LogP contribution in [0.2, 0.25) is 18.1 Å². The molecular weight excluding hydrogens is 306 g/mol. The van der Waals surface area contributed by atoms with Gasteiger partial charge in [-0.05, 0) is 30.1 Å². The van der Waals surface area contributed by atoms with Gasteiger partial charge in [-0.2, -0.15) is 0 Å². The molecule has 1 saturated heterocycles. The van der Waals surface area contributed by atoms with Crippen LogP contribution in [0.25, 0.3) is 0 Å². The van der Waals surface area contributed by atoms with Crippen LogP contribution in [0, 0.1) is 0 Å². The molecule has 128 valence electrons. The summed E-state index contributed by atoms with van der Waals surface area (Å²) in [6.45, 7) is 12.4. The van der Waals surface area contributed by atoms with Crippen molar-refractivity contribution in [3.8, 4) is 0 Å². The fourth-order valence-corrected chi connectivity index (χ4v) is 4.15. The molecule has 1 heterocycles. The summed E-state index contributed by atoms with van der Waals surface area (Å²) >= 11 is 0. The van der Waals surface area contributed by atoms with Crippen LogP contribution in [-0.2, 0) is 15.8 Å². The monoisotopic (exact) mass is 335 g/mol. The molecule has 0 spiro atoms. The van der Waals surface area contributed by atoms with Crippen molar-refractivity contribution in [1.82, 2.24) is 4.90 Å². The van der Waals surface area contributed by atoms with Crippen LogP contribution >= 0.6 is 0 Å². The summed E-state index contributed by atoms with van der Waals surface area (Å²) in [5.74, 6) is -0.748. The molecule has 0 aromatic heterocycles. The summed E-state index contributed by atoms with van der Waals surface area (Å²) in [6.07, 6.45) is 0.593. The first-order valence-electron chi connectivity index (χ1n) is 8.29. The highest BCUT2D eigenvalue weighted by Crippen LogP contribution is 2.39. The van der Waals surface area contributed by atoms with E-state index in [0.29, 0.717) is 19.5 Å². The zero-order valence-corrected chi connectivity index (χ0v) is 15.9. The van der Waals surface area contributed by atoms with Crippen LogP contribution in [0.1, 0.15) is 32.8 Å². The Morgan fingerprint density at radius 2 is 1.91 bits per heavy atom. The molecule has 4 nitrogen and oxygen atoms in total. The van der Waals surface area contributed by atoms with Gasteiger partial charge in [0.25, 0.3) is 0 Å². The second-order valence-electron chi connectivity index (χ2n) is 8.00. The molecule has 1 aromatic rings. The molecule has 1 aromatic carbocycles. The third-order valence-corrected chi connectivity index (χ3v) is 9.68. The molecule has 1 N–H and O–H groups in total. The Kier molecular flexibility index (Phi) is 5.33. The number of aliphatic carboxylic acids is 1. The zero-order valence-electron chi connectivity index (χ0n) is 14.9. The SMILES string of the molecule is CC(C)(C)[Si](C)(C)O[C@H]1C[C@H](C(=O)O)N(Cc2ccccc2)C1. The summed E-state index contributed by atoms with van der Waals surface area (Å²) in [4.78, 5) is 13.7. The number of carboxylic acids is 1. The van der Waals surface area contributed by atoms with Crippen LogP contribution in [0.3, 0.4) is 0 Å². The summed E-state index contributed by atoms with van der Waals surface area (Å²) in [5, 5.41) is 9.69. The van der Waals surface area contributed by atoms with E-state index in [4.69, 9.17) is 4.43 Å². The fraction of sp³-hybridized carbons (Fsp3) is 0.611. The standard InChI is InChI=1S/C18H29NO3Si/c1-18(2,3)23(4,5)22-15-11-16(17(20)21)19(13-15)12-14-9-7-6-8-10-14/h6-10,15-16H,11-13H2,1-5H3,(H,20,21)/t15-,16+/m0/s1. The maximum absolute atomic E-state index is 11.6. The minimum absolute atomic E-state index is 0.0145. The number of rotatable bonds is 5. The number of likely N-dealkylation sites (tertiary alicyclic amines) is 1. The van der Waals surface area contributed by atoms with Crippen LogP contribution in [0.5, 0.6) is 0 Å².